The first kappa shape index (κ1) is 18.5. The Kier molecular flexibility index (Phi) is 5.66. The molecule has 2 rings (SSSR count). The number of rotatable bonds is 6. The molecule has 0 radical (unpaired) electrons. The molecule has 0 aliphatic carbocycles. The van der Waals surface area contributed by atoms with Gasteiger partial charge in [-0.25, -0.2) is 18.6 Å². The summed E-state index contributed by atoms with van der Waals surface area (Å²) in [6.07, 6.45) is 0.273. The van der Waals surface area contributed by atoms with E-state index in [0.29, 0.717) is 5.01 Å². The summed E-state index contributed by atoms with van der Waals surface area (Å²) in [7, 11) is 0. The van der Waals surface area contributed by atoms with E-state index in [4.69, 9.17) is 4.74 Å². The molecule has 0 bridgehead atoms. The molecule has 0 spiro atoms. The molecule has 1 aromatic heterocycles. The predicted molar refractivity (Wildman–Crippen MR) is 87.3 cm³/mol. The molecule has 24 heavy (non-hydrogen) atoms. The molecule has 1 atom stereocenters. The topological polar surface area (TPSA) is 59.4 Å². The van der Waals surface area contributed by atoms with Crippen molar-refractivity contribution in [1.29, 1.82) is 0 Å². The Morgan fingerprint density at radius 3 is 2.58 bits per heavy atom. The number of ether oxygens (including phenoxy) is 1. The molecule has 0 fully saturated rings. The van der Waals surface area contributed by atoms with Crippen molar-refractivity contribution in [3.05, 3.63) is 40.2 Å². The van der Waals surface area contributed by atoms with Gasteiger partial charge in [-0.15, -0.1) is 11.3 Å². The van der Waals surface area contributed by atoms with Crippen LogP contribution in [-0.4, -0.2) is 21.7 Å². The number of carbonyl (C=O) groups excluding carboxylic acids is 1. The van der Waals surface area contributed by atoms with Crippen LogP contribution in [0.4, 0.5) is 8.78 Å². The molecule has 7 heteroatoms. The first-order chi connectivity index (χ1) is 11.2. The van der Waals surface area contributed by atoms with Gasteiger partial charge in [0, 0.05) is 5.38 Å². The summed E-state index contributed by atoms with van der Waals surface area (Å²) < 4.78 is 32.6. The van der Waals surface area contributed by atoms with Crippen LogP contribution in [0.15, 0.2) is 23.6 Å². The summed E-state index contributed by atoms with van der Waals surface area (Å²) in [5, 5.41) is 12.0. The van der Waals surface area contributed by atoms with Gasteiger partial charge in [-0.3, -0.25) is 0 Å². The fraction of sp³-hybridized carbons (Fsp3) is 0.412. The average Bonchev–Trinajstić information content (AvgIpc) is 2.91. The van der Waals surface area contributed by atoms with Crippen LogP contribution in [0.2, 0.25) is 0 Å². The maximum atomic E-state index is 13.7. The van der Waals surface area contributed by atoms with E-state index < -0.39 is 23.2 Å². The zero-order chi connectivity index (χ0) is 17.9. The van der Waals surface area contributed by atoms with Gasteiger partial charge < -0.3 is 9.84 Å². The lowest BCUT2D eigenvalue weighted by Crippen LogP contribution is -2.38. The van der Waals surface area contributed by atoms with Gasteiger partial charge in [0.15, 0.2) is 5.60 Å². The number of esters is 1. The lowest BCUT2D eigenvalue weighted by atomic mass is 9.94. The van der Waals surface area contributed by atoms with Crippen LogP contribution in [-0.2, 0) is 16.1 Å². The average molecular weight is 355 g/mol. The molecular weight excluding hydrogens is 336 g/mol. The largest absolute Gasteiger partial charge is 0.456 e. The van der Waals surface area contributed by atoms with Crippen molar-refractivity contribution in [3.63, 3.8) is 0 Å². The Labute approximate surface area is 143 Å². The first-order valence-corrected chi connectivity index (χ1v) is 8.37. The van der Waals surface area contributed by atoms with E-state index in [1.807, 2.05) is 13.8 Å². The van der Waals surface area contributed by atoms with Crippen molar-refractivity contribution in [2.75, 3.05) is 0 Å². The van der Waals surface area contributed by atoms with Gasteiger partial charge in [-0.05, 0) is 31.4 Å². The van der Waals surface area contributed by atoms with Crippen LogP contribution in [0.25, 0.3) is 11.3 Å². The van der Waals surface area contributed by atoms with Gasteiger partial charge in [-0.1, -0.05) is 19.9 Å². The molecule has 0 saturated carbocycles. The van der Waals surface area contributed by atoms with E-state index in [2.05, 4.69) is 4.98 Å². The van der Waals surface area contributed by atoms with E-state index in [9.17, 15) is 18.7 Å². The van der Waals surface area contributed by atoms with Crippen LogP contribution in [0.3, 0.4) is 0 Å². The van der Waals surface area contributed by atoms with Crippen molar-refractivity contribution < 1.29 is 23.4 Å². The SMILES string of the molecule is CC(C)CC(C)(O)C(=O)OCc1nc(-c2c(F)cccc2F)cs1. The Morgan fingerprint density at radius 2 is 2.00 bits per heavy atom. The number of aromatic nitrogens is 1. The molecule has 130 valence electrons. The third kappa shape index (κ3) is 4.36. The van der Waals surface area contributed by atoms with Gasteiger partial charge in [0.1, 0.15) is 23.2 Å². The highest BCUT2D eigenvalue weighted by Crippen LogP contribution is 2.28. The van der Waals surface area contributed by atoms with Gasteiger partial charge in [0.2, 0.25) is 0 Å². The van der Waals surface area contributed by atoms with Gasteiger partial charge in [0.25, 0.3) is 0 Å². The quantitative estimate of drug-likeness (QED) is 0.798. The first-order valence-electron chi connectivity index (χ1n) is 7.49. The summed E-state index contributed by atoms with van der Waals surface area (Å²) in [6.45, 7) is 5.01. The minimum absolute atomic E-state index is 0.128. The molecule has 2 aromatic rings. The lowest BCUT2D eigenvalue weighted by Gasteiger charge is -2.22. The molecule has 1 heterocycles. The molecular formula is C17H19F2NO3S. The van der Waals surface area contributed by atoms with E-state index in [1.54, 1.807) is 0 Å². The molecule has 0 amide bonds. The highest BCUT2D eigenvalue weighted by molar-refractivity contribution is 7.09. The van der Waals surface area contributed by atoms with Gasteiger partial charge in [0.05, 0.1) is 11.3 Å². The smallest absolute Gasteiger partial charge is 0.338 e. The maximum absolute atomic E-state index is 13.7. The summed E-state index contributed by atoms with van der Waals surface area (Å²) >= 11 is 1.13. The highest BCUT2D eigenvalue weighted by Gasteiger charge is 2.33. The van der Waals surface area contributed by atoms with Gasteiger partial charge in [-0.2, -0.15) is 0 Å². The Bertz CT molecular complexity index is 708. The highest BCUT2D eigenvalue weighted by atomic mass is 32.1. The van der Waals surface area contributed by atoms with Crippen molar-refractivity contribution in [2.24, 2.45) is 5.92 Å². The van der Waals surface area contributed by atoms with Crippen LogP contribution < -0.4 is 0 Å². The molecule has 0 aliphatic heterocycles. The Balaban J connectivity index is 2.06. The number of benzene rings is 1. The third-order valence-electron chi connectivity index (χ3n) is 3.34. The van der Waals surface area contributed by atoms with E-state index >= 15 is 0 Å². The second-order valence-electron chi connectivity index (χ2n) is 6.17. The molecule has 1 N–H and O–H groups in total. The maximum Gasteiger partial charge on any atom is 0.338 e. The number of aliphatic hydroxyl groups is 1. The van der Waals surface area contributed by atoms with E-state index in [0.717, 1.165) is 23.5 Å². The van der Waals surface area contributed by atoms with Crippen LogP contribution >= 0.6 is 11.3 Å². The van der Waals surface area contributed by atoms with Crippen molar-refractivity contribution >= 4 is 17.3 Å². The van der Waals surface area contributed by atoms with Crippen LogP contribution in [0.5, 0.6) is 0 Å². The van der Waals surface area contributed by atoms with Crippen LogP contribution in [0.1, 0.15) is 32.2 Å². The zero-order valence-corrected chi connectivity index (χ0v) is 14.5. The fourth-order valence-corrected chi connectivity index (χ4v) is 3.09. The molecule has 0 saturated heterocycles. The Hall–Kier alpha value is -1.86. The van der Waals surface area contributed by atoms with Crippen molar-refractivity contribution in [3.8, 4) is 11.3 Å². The molecule has 1 unspecified atom stereocenters. The fourth-order valence-electron chi connectivity index (χ4n) is 2.40. The standard InChI is InChI=1S/C17H19F2NO3S/c1-10(2)7-17(3,22)16(21)23-8-14-20-13(9-24-14)15-11(18)5-4-6-12(15)19/h4-6,9-10,22H,7-8H2,1-3H3. The van der Waals surface area contributed by atoms with Gasteiger partial charge >= 0.3 is 5.97 Å². The number of halogens is 2. The normalized spacial score (nSPS) is 13.8. The van der Waals surface area contributed by atoms with Crippen molar-refractivity contribution in [1.82, 2.24) is 4.98 Å². The molecule has 4 nitrogen and oxygen atoms in total. The van der Waals surface area contributed by atoms with E-state index in [-0.39, 0.29) is 30.2 Å². The second-order valence-corrected chi connectivity index (χ2v) is 7.11. The summed E-state index contributed by atoms with van der Waals surface area (Å²) in [5.74, 6) is -2.03. The monoisotopic (exact) mass is 355 g/mol. The minimum atomic E-state index is -1.58. The molecule has 1 aromatic carbocycles. The third-order valence-corrected chi connectivity index (χ3v) is 4.17. The summed E-state index contributed by atoms with van der Waals surface area (Å²) in [5.41, 5.74) is -1.64. The number of thiazole rings is 1. The lowest BCUT2D eigenvalue weighted by molar-refractivity contribution is -0.166. The predicted octanol–water partition coefficient (Wildman–Crippen LogP) is 3.93. The molecule has 0 aliphatic rings. The summed E-state index contributed by atoms with van der Waals surface area (Å²) in [6, 6.07) is 3.58. The number of carbonyl (C=O) groups is 1. The zero-order valence-electron chi connectivity index (χ0n) is 13.7. The van der Waals surface area contributed by atoms with Crippen LogP contribution in [0, 0.1) is 17.6 Å². The van der Waals surface area contributed by atoms with Crippen molar-refractivity contribution in [2.45, 2.75) is 39.4 Å². The summed E-state index contributed by atoms with van der Waals surface area (Å²) in [4.78, 5) is 16.0. The second kappa shape index (κ2) is 7.36. The Morgan fingerprint density at radius 1 is 1.38 bits per heavy atom. The van der Waals surface area contributed by atoms with E-state index in [1.165, 1.54) is 18.4 Å². The number of nitrogens with zero attached hydrogens (tertiary/aromatic N) is 1. The number of hydrogen-bond acceptors (Lipinski definition) is 5. The minimum Gasteiger partial charge on any atom is -0.456 e. The number of hydrogen-bond donors (Lipinski definition) is 1.